The molecular formula is C5H11NO2S2Zn. The minimum Gasteiger partial charge on any atom is -0.436 e. The fraction of sp³-hybridized carbons (Fsp3) is 0.800. The van der Waals surface area contributed by atoms with E-state index >= 15 is 0 Å². The summed E-state index contributed by atoms with van der Waals surface area (Å²) >= 11 is 7.77. The smallest absolute Gasteiger partial charge is 0.409 e. The third kappa shape index (κ3) is 10.6. The van der Waals surface area contributed by atoms with Crippen LogP contribution in [0.2, 0.25) is 0 Å². The maximum atomic E-state index is 10.6. The van der Waals surface area contributed by atoms with Crippen molar-refractivity contribution in [2.24, 2.45) is 0 Å². The minimum absolute atomic E-state index is 0. The van der Waals surface area contributed by atoms with Crippen molar-refractivity contribution in [3.05, 3.63) is 0 Å². The Balaban J connectivity index is 0. The van der Waals surface area contributed by atoms with Gasteiger partial charge in [-0.05, 0) is 13.8 Å². The van der Waals surface area contributed by atoms with Crippen LogP contribution in [-0.4, -0.2) is 16.9 Å². The number of nitrogens with one attached hydrogen (secondary N) is 1. The van der Waals surface area contributed by atoms with Crippen LogP contribution in [-0.2, 0) is 24.2 Å². The van der Waals surface area contributed by atoms with Crippen LogP contribution in [0.3, 0.4) is 0 Å². The summed E-state index contributed by atoms with van der Waals surface area (Å²) < 4.78 is 4.63. The van der Waals surface area contributed by atoms with E-state index in [1.54, 1.807) is 13.8 Å². The summed E-state index contributed by atoms with van der Waals surface area (Å²) in [4.78, 5) is 10.6. The summed E-state index contributed by atoms with van der Waals surface area (Å²) in [7, 11) is 0. The molecule has 0 bridgehead atoms. The van der Waals surface area contributed by atoms with E-state index in [1.165, 1.54) is 0 Å². The normalized spacial score (nSPS) is 14.2. The first-order valence-corrected chi connectivity index (χ1v) is 3.89. The summed E-state index contributed by atoms with van der Waals surface area (Å²) in [5.74, 6) is 0. The maximum absolute atomic E-state index is 10.6. The number of hydrogen-bond acceptors (Lipinski definition) is 4. The number of hydrogen-bond donors (Lipinski definition) is 3. The number of amides is 1. The molecule has 0 radical (unpaired) electrons. The molecule has 0 fully saturated rings. The number of ether oxygens (including phenoxy) is 1. The molecule has 2 atom stereocenters. The molecule has 62 valence electrons. The second-order valence-corrected chi connectivity index (χ2v) is 3.33. The third-order valence-electron chi connectivity index (χ3n) is 0.604. The van der Waals surface area contributed by atoms with E-state index in [-0.39, 0.29) is 30.3 Å². The predicted molar refractivity (Wildman–Crippen MR) is 46.5 cm³/mol. The fourth-order valence-corrected chi connectivity index (χ4v) is 0.561. The molecule has 0 aliphatic rings. The largest absolute Gasteiger partial charge is 0.436 e. The molecule has 2 unspecified atom stereocenters. The SMILES string of the molecule is CC(S)NC(=O)OC(C)S.[Zn]. The molecule has 1 amide bonds. The first-order valence-electron chi connectivity index (χ1n) is 2.85. The van der Waals surface area contributed by atoms with Crippen LogP contribution in [0.25, 0.3) is 0 Å². The van der Waals surface area contributed by atoms with Crippen LogP contribution in [0.5, 0.6) is 0 Å². The fourth-order valence-electron chi connectivity index (χ4n) is 0.359. The molecule has 0 rings (SSSR count). The molecule has 0 aromatic rings. The molecule has 0 aromatic heterocycles. The quantitative estimate of drug-likeness (QED) is 0.390. The number of thiol groups is 2. The van der Waals surface area contributed by atoms with E-state index in [0.29, 0.717) is 0 Å². The van der Waals surface area contributed by atoms with Crippen molar-refractivity contribution in [1.82, 2.24) is 5.32 Å². The van der Waals surface area contributed by atoms with Gasteiger partial charge in [0.1, 0.15) is 5.44 Å². The molecule has 11 heavy (non-hydrogen) atoms. The van der Waals surface area contributed by atoms with E-state index in [2.05, 4.69) is 35.3 Å². The van der Waals surface area contributed by atoms with Crippen molar-refractivity contribution >= 4 is 31.4 Å². The Morgan fingerprint density at radius 2 is 1.91 bits per heavy atom. The van der Waals surface area contributed by atoms with Crippen LogP contribution >= 0.6 is 25.3 Å². The van der Waals surface area contributed by atoms with Crippen molar-refractivity contribution in [3.63, 3.8) is 0 Å². The van der Waals surface area contributed by atoms with Crippen molar-refractivity contribution in [1.29, 1.82) is 0 Å². The van der Waals surface area contributed by atoms with E-state index in [1.807, 2.05) is 0 Å². The first-order chi connectivity index (χ1) is 4.52. The predicted octanol–water partition coefficient (Wildman–Crippen LogP) is 1.26. The molecule has 3 nitrogen and oxygen atoms in total. The van der Waals surface area contributed by atoms with Gasteiger partial charge in [-0.3, -0.25) is 0 Å². The molecule has 0 heterocycles. The molecule has 1 N–H and O–H groups in total. The standard InChI is InChI=1S/C5H11NO2S2.Zn/c1-3(9)6-5(7)8-4(2)10;/h3-4,9-10H,1-2H3,(H,6,7);. The second-order valence-electron chi connectivity index (χ2n) is 1.82. The summed E-state index contributed by atoms with van der Waals surface area (Å²) in [6.07, 6.45) is -0.495. The van der Waals surface area contributed by atoms with Gasteiger partial charge in [-0.15, -0.1) is 12.6 Å². The second kappa shape index (κ2) is 7.25. The van der Waals surface area contributed by atoms with Gasteiger partial charge in [0.2, 0.25) is 0 Å². The van der Waals surface area contributed by atoms with Crippen molar-refractivity contribution < 1.29 is 29.0 Å². The summed E-state index contributed by atoms with van der Waals surface area (Å²) in [6, 6.07) is 0. The van der Waals surface area contributed by atoms with Crippen molar-refractivity contribution in [2.75, 3.05) is 0 Å². The van der Waals surface area contributed by atoms with Crippen molar-refractivity contribution in [2.45, 2.75) is 24.7 Å². The molecule has 0 saturated carbocycles. The average Bonchev–Trinajstić information content (AvgIpc) is 1.58. The van der Waals surface area contributed by atoms with E-state index in [4.69, 9.17) is 0 Å². The van der Waals surface area contributed by atoms with Gasteiger partial charge < -0.3 is 10.1 Å². The monoisotopic (exact) mass is 245 g/mol. The maximum Gasteiger partial charge on any atom is 0.409 e. The van der Waals surface area contributed by atoms with Crippen LogP contribution in [0.4, 0.5) is 4.79 Å². The average molecular weight is 247 g/mol. The minimum atomic E-state index is -0.495. The van der Waals surface area contributed by atoms with Gasteiger partial charge in [-0.2, -0.15) is 12.6 Å². The summed E-state index contributed by atoms with van der Waals surface area (Å²) in [6.45, 7) is 3.39. The van der Waals surface area contributed by atoms with Crippen molar-refractivity contribution in [3.8, 4) is 0 Å². The molecule has 0 spiro atoms. The number of alkyl carbamates (subject to hydrolysis) is 1. The van der Waals surface area contributed by atoms with Gasteiger partial charge in [0, 0.05) is 19.5 Å². The molecular weight excluding hydrogens is 236 g/mol. The Bertz CT molecular complexity index is 109. The Labute approximate surface area is 90.2 Å². The zero-order valence-electron chi connectivity index (χ0n) is 6.57. The van der Waals surface area contributed by atoms with E-state index < -0.39 is 6.09 Å². The number of rotatable bonds is 2. The Kier molecular flexibility index (Phi) is 9.32. The van der Waals surface area contributed by atoms with E-state index in [9.17, 15) is 4.79 Å². The third-order valence-corrected chi connectivity index (χ3v) is 0.839. The van der Waals surface area contributed by atoms with Crippen LogP contribution < -0.4 is 5.32 Å². The zero-order chi connectivity index (χ0) is 8.15. The Morgan fingerprint density at radius 3 is 2.18 bits per heavy atom. The van der Waals surface area contributed by atoms with Gasteiger partial charge in [-0.1, -0.05) is 0 Å². The van der Waals surface area contributed by atoms with Crippen LogP contribution in [0, 0.1) is 0 Å². The first kappa shape index (κ1) is 14.1. The van der Waals surface area contributed by atoms with Gasteiger partial charge in [0.25, 0.3) is 0 Å². The van der Waals surface area contributed by atoms with Gasteiger partial charge in [-0.25, -0.2) is 4.79 Å². The Hall–Kier alpha value is 0.593. The summed E-state index contributed by atoms with van der Waals surface area (Å²) in [5, 5.41) is 2.23. The molecule has 0 saturated heterocycles. The van der Waals surface area contributed by atoms with Crippen LogP contribution in [0.15, 0.2) is 0 Å². The van der Waals surface area contributed by atoms with E-state index in [0.717, 1.165) is 0 Å². The van der Waals surface area contributed by atoms with Gasteiger partial charge in [0.05, 0.1) is 5.37 Å². The Morgan fingerprint density at radius 1 is 1.45 bits per heavy atom. The number of carbonyl (C=O) groups is 1. The summed E-state index contributed by atoms with van der Waals surface area (Å²) in [5.41, 5.74) is -0.382. The van der Waals surface area contributed by atoms with Gasteiger partial charge >= 0.3 is 6.09 Å². The van der Waals surface area contributed by atoms with Crippen LogP contribution in [0.1, 0.15) is 13.8 Å². The number of carbonyl (C=O) groups excluding carboxylic acids is 1. The topological polar surface area (TPSA) is 38.3 Å². The molecule has 0 aliphatic heterocycles. The van der Waals surface area contributed by atoms with Gasteiger partial charge in [0.15, 0.2) is 0 Å². The molecule has 0 aromatic carbocycles. The molecule has 0 aliphatic carbocycles. The zero-order valence-corrected chi connectivity index (χ0v) is 11.3. The molecule has 6 heteroatoms.